The molecular formula is C42H62OS2. The summed E-state index contributed by atoms with van der Waals surface area (Å²) >= 11 is 6.47. The van der Waals surface area contributed by atoms with Crippen molar-refractivity contribution in [2.75, 3.05) is 0 Å². The molecule has 1 nitrogen and oxygen atoms in total. The number of rotatable bonds is 4. The normalized spacial score (nSPS) is 14.7. The second-order valence-corrected chi connectivity index (χ2v) is 18.5. The Bertz CT molecular complexity index is 1390. The Morgan fingerprint density at radius 2 is 1.13 bits per heavy atom. The van der Waals surface area contributed by atoms with Gasteiger partial charge >= 0.3 is 0 Å². The zero-order valence-corrected chi connectivity index (χ0v) is 32.6. The molecular weight excluding hydrogens is 585 g/mol. The van der Waals surface area contributed by atoms with E-state index in [2.05, 4.69) is 150 Å². The van der Waals surface area contributed by atoms with E-state index in [4.69, 9.17) is 0 Å². The first-order chi connectivity index (χ1) is 20.6. The van der Waals surface area contributed by atoms with Crippen molar-refractivity contribution in [2.24, 2.45) is 10.8 Å². The van der Waals surface area contributed by atoms with Crippen molar-refractivity contribution in [3.05, 3.63) is 63.2 Å². The second-order valence-electron chi connectivity index (χ2n) is 16.9. The molecule has 0 aromatic heterocycles. The molecule has 0 aliphatic heterocycles. The molecule has 0 atom stereocenters. The highest BCUT2D eigenvalue weighted by molar-refractivity contribution is 7.99. The smallest absolute Gasteiger partial charge is 0.135 e. The van der Waals surface area contributed by atoms with Crippen LogP contribution < -0.4 is 0 Å². The van der Waals surface area contributed by atoms with Gasteiger partial charge in [0.25, 0.3) is 0 Å². The molecule has 0 bridgehead atoms. The molecule has 1 N–H and O–H groups in total. The van der Waals surface area contributed by atoms with Crippen LogP contribution in [0.15, 0.2) is 24.3 Å². The number of phenolic OH excluding ortho intramolecular Hbond substituents is 1. The van der Waals surface area contributed by atoms with Crippen LogP contribution in [-0.4, -0.2) is 10.4 Å². The van der Waals surface area contributed by atoms with E-state index in [0.717, 1.165) is 16.6 Å². The van der Waals surface area contributed by atoms with Crippen LogP contribution in [0.25, 0.3) is 0 Å². The molecule has 0 amide bonds. The average molecular weight is 647 g/mol. The third kappa shape index (κ3) is 13.8. The number of hydrogen-bond donors (Lipinski definition) is 2. The third-order valence-electron chi connectivity index (χ3n) is 8.03. The van der Waals surface area contributed by atoms with E-state index in [-0.39, 0.29) is 27.4 Å². The Morgan fingerprint density at radius 1 is 0.689 bits per heavy atom. The third-order valence-corrected chi connectivity index (χ3v) is 9.79. The van der Waals surface area contributed by atoms with E-state index < -0.39 is 0 Å². The van der Waals surface area contributed by atoms with Gasteiger partial charge in [-0.15, -0.1) is 0 Å². The molecule has 3 rings (SSSR count). The fraction of sp³-hybridized carbons (Fsp3) is 0.619. The lowest BCUT2D eigenvalue weighted by atomic mass is 9.83. The Hall–Kier alpha value is -1.94. The van der Waals surface area contributed by atoms with Crippen molar-refractivity contribution in [1.82, 2.24) is 0 Å². The highest BCUT2D eigenvalue weighted by atomic mass is 32.2. The maximum atomic E-state index is 10.2. The van der Waals surface area contributed by atoms with Gasteiger partial charge in [0.05, 0.1) is 5.56 Å². The lowest BCUT2D eigenvalue weighted by Gasteiger charge is -2.23. The van der Waals surface area contributed by atoms with Crippen molar-refractivity contribution in [2.45, 2.75) is 156 Å². The van der Waals surface area contributed by atoms with E-state index in [1.165, 1.54) is 66.3 Å². The van der Waals surface area contributed by atoms with Gasteiger partial charge in [-0.2, -0.15) is 24.4 Å². The summed E-state index contributed by atoms with van der Waals surface area (Å²) < 4.78 is 0. The van der Waals surface area contributed by atoms with Crippen molar-refractivity contribution in [1.29, 1.82) is 0 Å². The highest BCUT2D eigenvalue weighted by Gasteiger charge is 2.20. The SMILES string of the molecule is CC(C)(C)C#Cc1cc(C(C)(C)C)cc(CS)c1O.Cc1c(C#CC(C)(C)C)cc(C(C)(C)C)cc1CSC1CCCCCC1. The van der Waals surface area contributed by atoms with Crippen LogP contribution in [0.1, 0.15) is 161 Å². The largest absolute Gasteiger partial charge is 0.506 e. The molecule has 248 valence electrons. The van der Waals surface area contributed by atoms with Crippen molar-refractivity contribution < 1.29 is 5.11 Å². The summed E-state index contributed by atoms with van der Waals surface area (Å²) in [6.07, 6.45) is 8.50. The molecule has 3 heteroatoms. The van der Waals surface area contributed by atoms with Gasteiger partial charge in [-0.05, 0) is 107 Å². The molecule has 45 heavy (non-hydrogen) atoms. The summed E-state index contributed by atoms with van der Waals surface area (Å²) in [5.74, 6) is 15.1. The molecule has 1 aliphatic carbocycles. The van der Waals surface area contributed by atoms with E-state index in [0.29, 0.717) is 11.3 Å². The predicted molar refractivity (Wildman–Crippen MR) is 205 cm³/mol. The minimum atomic E-state index is -0.0781. The summed E-state index contributed by atoms with van der Waals surface area (Å²) in [7, 11) is 0. The van der Waals surface area contributed by atoms with Gasteiger partial charge in [0.2, 0.25) is 0 Å². The summed E-state index contributed by atoms with van der Waals surface area (Å²) in [6.45, 7) is 28.4. The van der Waals surface area contributed by atoms with Gasteiger partial charge in [-0.25, -0.2) is 0 Å². The van der Waals surface area contributed by atoms with Gasteiger partial charge in [0.15, 0.2) is 0 Å². The Kier molecular flexibility index (Phi) is 14.2. The standard InChI is InChI=1S/C25H38S.C17H24OS/c1-19-20(14-15-24(2,3)4)16-22(25(5,6)7)17-21(19)18-26-23-12-10-8-9-11-13-23;1-16(2,3)8-7-12-9-14(17(4,5)6)10-13(11-19)15(12)18/h16-17,23H,8-13,18H2,1-7H3;9-10,18-19H,11H2,1-6H3. The lowest BCUT2D eigenvalue weighted by Crippen LogP contribution is -2.13. The first-order valence-electron chi connectivity index (χ1n) is 16.9. The average Bonchev–Trinajstić information content (AvgIpc) is 3.18. The summed E-state index contributed by atoms with van der Waals surface area (Å²) in [5.41, 5.74) is 8.39. The van der Waals surface area contributed by atoms with E-state index in [1.54, 1.807) is 0 Å². The number of benzene rings is 2. The van der Waals surface area contributed by atoms with Gasteiger partial charge in [-0.1, -0.05) is 103 Å². The van der Waals surface area contributed by atoms with E-state index in [9.17, 15) is 5.11 Å². The van der Waals surface area contributed by atoms with Gasteiger partial charge in [-0.3, -0.25) is 0 Å². The molecule has 0 unspecified atom stereocenters. The number of aromatic hydroxyl groups is 1. The van der Waals surface area contributed by atoms with Gasteiger partial charge in [0.1, 0.15) is 5.75 Å². The van der Waals surface area contributed by atoms with Gasteiger partial charge < -0.3 is 5.11 Å². The van der Waals surface area contributed by atoms with Crippen LogP contribution in [0.5, 0.6) is 5.75 Å². The van der Waals surface area contributed by atoms with Crippen LogP contribution in [0.4, 0.5) is 0 Å². The molecule has 1 aliphatic rings. The fourth-order valence-electron chi connectivity index (χ4n) is 4.96. The van der Waals surface area contributed by atoms with Crippen LogP contribution in [0.2, 0.25) is 0 Å². The van der Waals surface area contributed by atoms with Crippen LogP contribution >= 0.6 is 24.4 Å². The van der Waals surface area contributed by atoms with E-state index >= 15 is 0 Å². The number of hydrogen-bond acceptors (Lipinski definition) is 3. The van der Waals surface area contributed by atoms with Crippen molar-refractivity contribution in [3.8, 4) is 29.4 Å². The second kappa shape index (κ2) is 16.2. The van der Waals surface area contributed by atoms with Crippen LogP contribution in [0.3, 0.4) is 0 Å². The van der Waals surface area contributed by atoms with E-state index in [1.807, 2.05) is 12.1 Å². The molecule has 1 fully saturated rings. The maximum Gasteiger partial charge on any atom is 0.135 e. The Morgan fingerprint density at radius 3 is 1.58 bits per heavy atom. The zero-order valence-electron chi connectivity index (χ0n) is 30.8. The Labute approximate surface area is 288 Å². The number of phenols is 1. The lowest BCUT2D eigenvalue weighted by molar-refractivity contribution is 0.467. The topological polar surface area (TPSA) is 20.2 Å². The monoisotopic (exact) mass is 646 g/mol. The minimum absolute atomic E-state index is 0.0313. The van der Waals surface area contributed by atoms with Crippen LogP contribution in [0, 0.1) is 41.4 Å². The summed E-state index contributed by atoms with van der Waals surface area (Å²) in [4.78, 5) is 0. The van der Waals surface area contributed by atoms with Crippen molar-refractivity contribution in [3.63, 3.8) is 0 Å². The maximum absolute atomic E-state index is 10.2. The summed E-state index contributed by atoms with van der Waals surface area (Å²) in [5, 5.41) is 11.1. The minimum Gasteiger partial charge on any atom is -0.506 e. The number of thioether (sulfide) groups is 1. The Balaban J connectivity index is 0.000000330. The molecule has 2 aromatic rings. The molecule has 0 spiro atoms. The first kappa shape index (κ1) is 39.2. The quantitative estimate of drug-likeness (QED) is 0.196. The molecule has 0 radical (unpaired) electrons. The van der Waals surface area contributed by atoms with Crippen LogP contribution in [-0.2, 0) is 22.3 Å². The molecule has 1 saturated carbocycles. The first-order valence-corrected chi connectivity index (χ1v) is 18.6. The molecule has 0 heterocycles. The zero-order chi connectivity index (χ0) is 34.2. The molecule has 0 saturated heterocycles. The summed E-state index contributed by atoms with van der Waals surface area (Å²) in [6, 6.07) is 8.78. The predicted octanol–water partition coefficient (Wildman–Crippen LogP) is 12.2. The highest BCUT2D eigenvalue weighted by Crippen LogP contribution is 2.34. The van der Waals surface area contributed by atoms with Gasteiger partial charge in [0, 0.05) is 38.7 Å². The van der Waals surface area contributed by atoms with Crippen molar-refractivity contribution >= 4 is 24.4 Å². The molecule has 2 aromatic carbocycles. The number of thiol groups is 1. The fourth-order valence-corrected chi connectivity index (χ4v) is 6.58.